The van der Waals surface area contributed by atoms with Crippen LogP contribution in [0.4, 0.5) is 0 Å². The molecule has 7 heteroatoms. The summed E-state index contributed by atoms with van der Waals surface area (Å²) in [5.41, 5.74) is 0.909. The highest BCUT2D eigenvalue weighted by Crippen LogP contribution is 2.14. The number of carbonyl (C=O) groups excluding carboxylic acids is 2. The zero-order valence-electron chi connectivity index (χ0n) is 10.9. The highest BCUT2D eigenvalue weighted by atomic mass is 32.1. The van der Waals surface area contributed by atoms with Crippen LogP contribution in [-0.2, 0) is 16.0 Å². The van der Waals surface area contributed by atoms with E-state index in [-0.39, 0.29) is 18.2 Å². The van der Waals surface area contributed by atoms with Crippen molar-refractivity contribution in [3.8, 4) is 0 Å². The summed E-state index contributed by atoms with van der Waals surface area (Å²) in [7, 11) is 3.32. The highest BCUT2D eigenvalue weighted by Gasteiger charge is 2.18. The van der Waals surface area contributed by atoms with Crippen molar-refractivity contribution in [2.75, 3.05) is 14.1 Å². The summed E-state index contributed by atoms with van der Waals surface area (Å²) in [6.07, 6.45) is 0.245. The molecule has 0 aliphatic heterocycles. The molecule has 0 saturated carbocycles. The van der Waals surface area contributed by atoms with Crippen molar-refractivity contribution in [3.63, 3.8) is 0 Å². The summed E-state index contributed by atoms with van der Waals surface area (Å²) >= 11 is 6.39. The number of aromatic nitrogens is 1. The van der Waals surface area contributed by atoms with Gasteiger partial charge in [-0.05, 0) is 26.1 Å². The van der Waals surface area contributed by atoms with E-state index in [1.54, 1.807) is 21.0 Å². The van der Waals surface area contributed by atoms with Crippen LogP contribution >= 0.6 is 23.6 Å². The van der Waals surface area contributed by atoms with E-state index in [4.69, 9.17) is 12.2 Å². The Labute approximate surface area is 115 Å². The molecule has 1 atom stereocenters. The molecular formula is C11H17N3O2S2. The zero-order valence-corrected chi connectivity index (χ0v) is 12.5. The third kappa shape index (κ3) is 3.92. The van der Waals surface area contributed by atoms with Gasteiger partial charge in [-0.25, -0.2) is 0 Å². The summed E-state index contributed by atoms with van der Waals surface area (Å²) in [6, 6.07) is -0.514. The topological polar surface area (TPSA) is 65.2 Å². The zero-order chi connectivity index (χ0) is 13.9. The van der Waals surface area contributed by atoms with E-state index in [9.17, 15) is 9.59 Å². The number of amides is 2. The van der Waals surface area contributed by atoms with Crippen LogP contribution in [0.5, 0.6) is 0 Å². The lowest BCUT2D eigenvalue weighted by Gasteiger charge is -2.17. The molecule has 18 heavy (non-hydrogen) atoms. The maximum absolute atomic E-state index is 11.8. The lowest BCUT2D eigenvalue weighted by atomic mass is 10.2. The Morgan fingerprint density at radius 1 is 1.50 bits per heavy atom. The molecule has 1 aromatic heterocycles. The summed E-state index contributed by atoms with van der Waals surface area (Å²) in [4.78, 5) is 28.7. The highest BCUT2D eigenvalue weighted by molar-refractivity contribution is 7.73. The van der Waals surface area contributed by atoms with E-state index in [1.165, 1.54) is 16.2 Å². The Bertz CT molecular complexity index is 505. The lowest BCUT2D eigenvalue weighted by molar-refractivity contribution is -0.133. The van der Waals surface area contributed by atoms with Gasteiger partial charge in [0.1, 0.15) is 6.04 Å². The van der Waals surface area contributed by atoms with E-state index in [1.807, 2.05) is 6.92 Å². The second-order valence-electron chi connectivity index (χ2n) is 4.26. The molecule has 0 bridgehead atoms. The number of carbonyl (C=O) groups is 2. The van der Waals surface area contributed by atoms with Crippen LogP contribution in [0.2, 0.25) is 0 Å². The van der Waals surface area contributed by atoms with Crippen LogP contribution in [0.3, 0.4) is 0 Å². The van der Waals surface area contributed by atoms with Gasteiger partial charge >= 0.3 is 0 Å². The summed E-state index contributed by atoms with van der Waals surface area (Å²) < 4.78 is 0.660. The number of hydrogen-bond acceptors (Lipinski definition) is 4. The molecule has 1 unspecified atom stereocenters. The van der Waals surface area contributed by atoms with Gasteiger partial charge in [0.2, 0.25) is 11.8 Å². The lowest BCUT2D eigenvalue weighted by Crippen LogP contribution is -2.44. The molecule has 0 fully saturated rings. The van der Waals surface area contributed by atoms with Crippen LogP contribution in [0.1, 0.15) is 17.5 Å². The summed E-state index contributed by atoms with van der Waals surface area (Å²) in [5, 5.41) is 2.67. The van der Waals surface area contributed by atoms with Crippen LogP contribution in [-0.4, -0.2) is 41.8 Å². The normalized spacial score (nSPS) is 12.0. The first-order valence-corrected chi connectivity index (χ1v) is 6.73. The van der Waals surface area contributed by atoms with Crippen LogP contribution < -0.4 is 5.32 Å². The van der Waals surface area contributed by atoms with Crippen molar-refractivity contribution in [1.29, 1.82) is 0 Å². The Kier molecular flexibility index (Phi) is 5.03. The summed E-state index contributed by atoms with van der Waals surface area (Å²) in [5.74, 6) is -0.298. The minimum Gasteiger partial charge on any atom is -0.347 e. The monoisotopic (exact) mass is 287 g/mol. The number of nitrogens with one attached hydrogen (secondary N) is 2. The van der Waals surface area contributed by atoms with Crippen molar-refractivity contribution in [2.24, 2.45) is 0 Å². The molecule has 0 aromatic carbocycles. The number of aromatic amines is 1. The first kappa shape index (κ1) is 14.8. The fourth-order valence-corrected chi connectivity index (χ4v) is 2.78. The Balaban J connectivity index is 2.60. The summed E-state index contributed by atoms with van der Waals surface area (Å²) in [6.45, 7) is 3.55. The van der Waals surface area contributed by atoms with Crippen molar-refractivity contribution < 1.29 is 9.59 Å². The molecule has 2 amide bonds. The van der Waals surface area contributed by atoms with E-state index in [2.05, 4.69) is 10.3 Å². The third-order valence-corrected chi connectivity index (χ3v) is 3.77. The molecule has 0 aliphatic rings. The first-order chi connectivity index (χ1) is 8.31. The maximum atomic E-state index is 11.8. The van der Waals surface area contributed by atoms with E-state index in [0.717, 1.165) is 10.6 Å². The molecule has 0 saturated heterocycles. The molecule has 5 nitrogen and oxygen atoms in total. The number of rotatable bonds is 4. The van der Waals surface area contributed by atoms with Crippen LogP contribution in [0.25, 0.3) is 0 Å². The average Bonchev–Trinajstić information content (AvgIpc) is 2.55. The van der Waals surface area contributed by atoms with Gasteiger partial charge in [0.05, 0.1) is 6.42 Å². The number of hydrogen-bond donors (Lipinski definition) is 2. The predicted octanol–water partition coefficient (Wildman–Crippen LogP) is 1.25. The number of thiazole rings is 1. The van der Waals surface area contributed by atoms with Crippen molar-refractivity contribution in [2.45, 2.75) is 26.3 Å². The molecule has 2 N–H and O–H groups in total. The van der Waals surface area contributed by atoms with Crippen LogP contribution in [0.15, 0.2) is 0 Å². The van der Waals surface area contributed by atoms with Gasteiger partial charge in [-0.1, -0.05) is 0 Å². The second-order valence-corrected chi connectivity index (χ2v) is 6.03. The number of likely N-dealkylation sites (N-methyl/N-ethyl adjacent to an activating group) is 1. The smallest absolute Gasteiger partial charge is 0.244 e. The minimum absolute atomic E-state index is 0.123. The van der Waals surface area contributed by atoms with Gasteiger partial charge in [0.15, 0.2) is 3.95 Å². The molecule has 1 heterocycles. The average molecular weight is 287 g/mol. The first-order valence-electron chi connectivity index (χ1n) is 5.50. The number of nitrogens with zero attached hydrogens (tertiary/aromatic N) is 1. The van der Waals surface area contributed by atoms with E-state index >= 15 is 0 Å². The van der Waals surface area contributed by atoms with E-state index < -0.39 is 6.04 Å². The van der Waals surface area contributed by atoms with Crippen molar-refractivity contribution in [1.82, 2.24) is 15.2 Å². The molecule has 1 aromatic rings. The SMILES string of the molecule is Cc1[nH]c(=S)sc1CC(=O)NC(C)C(=O)N(C)C. The Morgan fingerprint density at radius 3 is 2.56 bits per heavy atom. The minimum atomic E-state index is -0.514. The quantitative estimate of drug-likeness (QED) is 0.819. The fraction of sp³-hybridized carbons (Fsp3) is 0.545. The Hall–Kier alpha value is -1.21. The van der Waals surface area contributed by atoms with Gasteiger partial charge in [-0.3, -0.25) is 9.59 Å². The van der Waals surface area contributed by atoms with Gasteiger partial charge in [0.25, 0.3) is 0 Å². The van der Waals surface area contributed by atoms with Gasteiger partial charge < -0.3 is 15.2 Å². The largest absolute Gasteiger partial charge is 0.347 e. The molecule has 0 spiro atoms. The third-order valence-electron chi connectivity index (χ3n) is 2.43. The number of aryl methyl sites for hydroxylation is 1. The van der Waals surface area contributed by atoms with E-state index in [0.29, 0.717) is 3.95 Å². The second kappa shape index (κ2) is 6.10. The molecule has 0 aliphatic carbocycles. The van der Waals surface area contributed by atoms with Crippen LogP contribution in [0, 0.1) is 10.9 Å². The van der Waals surface area contributed by atoms with Crippen molar-refractivity contribution in [3.05, 3.63) is 14.5 Å². The molecule has 100 valence electrons. The van der Waals surface area contributed by atoms with Gasteiger partial charge in [-0.15, -0.1) is 11.3 Å². The predicted molar refractivity (Wildman–Crippen MR) is 74.2 cm³/mol. The fourth-order valence-electron chi connectivity index (χ4n) is 1.49. The standard InChI is InChI=1S/C11H17N3O2S2/c1-6-8(18-11(17)13-6)5-9(15)12-7(2)10(16)14(3)4/h7H,5H2,1-4H3,(H,12,15)(H,13,17). The molecule has 1 rings (SSSR count). The Morgan fingerprint density at radius 2 is 2.11 bits per heavy atom. The van der Waals surface area contributed by atoms with Gasteiger partial charge in [-0.2, -0.15) is 0 Å². The number of H-pyrrole nitrogens is 1. The van der Waals surface area contributed by atoms with Gasteiger partial charge in [0, 0.05) is 24.7 Å². The molecule has 0 radical (unpaired) electrons. The van der Waals surface area contributed by atoms with Crippen molar-refractivity contribution >= 4 is 35.4 Å². The maximum Gasteiger partial charge on any atom is 0.244 e. The molecular weight excluding hydrogens is 270 g/mol.